The van der Waals surface area contributed by atoms with Crippen molar-refractivity contribution in [3.63, 3.8) is 0 Å². The lowest BCUT2D eigenvalue weighted by molar-refractivity contribution is 0.308. The number of likely N-dealkylation sites (N-methyl/N-ethyl adjacent to an activating group) is 1. The van der Waals surface area contributed by atoms with Crippen molar-refractivity contribution in [1.82, 2.24) is 30.2 Å². The van der Waals surface area contributed by atoms with E-state index in [9.17, 15) is 0 Å². The van der Waals surface area contributed by atoms with Gasteiger partial charge in [0.2, 0.25) is 5.95 Å². The SMILES string of the molecule is CCN(CC)CCc1c(N)nc(NCc2cc(-c3ccccc3)no2)nc1Nc1cc(C(C)C)[nH]n1. The van der Waals surface area contributed by atoms with Gasteiger partial charge in [0.15, 0.2) is 11.6 Å². The third kappa shape index (κ3) is 6.19. The van der Waals surface area contributed by atoms with E-state index < -0.39 is 0 Å². The van der Waals surface area contributed by atoms with Gasteiger partial charge in [-0.3, -0.25) is 5.10 Å². The fraction of sp³-hybridized carbons (Fsp3) is 0.385. The van der Waals surface area contributed by atoms with Crippen LogP contribution in [0.4, 0.5) is 23.4 Å². The minimum atomic E-state index is 0.338. The van der Waals surface area contributed by atoms with Crippen molar-refractivity contribution in [2.75, 3.05) is 36.0 Å². The summed E-state index contributed by atoms with van der Waals surface area (Å²) in [6.07, 6.45) is 0.722. The second kappa shape index (κ2) is 11.7. The quantitative estimate of drug-likeness (QED) is 0.221. The molecule has 0 amide bonds. The number of hydrogen-bond acceptors (Lipinski definition) is 9. The number of aromatic nitrogens is 5. The molecule has 3 aromatic heterocycles. The van der Waals surface area contributed by atoms with Gasteiger partial charge in [-0.15, -0.1) is 0 Å². The molecule has 0 saturated heterocycles. The molecule has 4 aromatic rings. The molecule has 4 rings (SSSR count). The number of rotatable bonds is 12. The lowest BCUT2D eigenvalue weighted by Crippen LogP contribution is -2.26. The molecule has 0 atom stereocenters. The molecule has 0 aliphatic heterocycles. The minimum absolute atomic E-state index is 0.338. The van der Waals surface area contributed by atoms with Crippen LogP contribution in [0.2, 0.25) is 0 Å². The Balaban J connectivity index is 1.54. The number of aromatic amines is 1. The average molecular weight is 490 g/mol. The Bertz CT molecular complexity index is 1250. The van der Waals surface area contributed by atoms with Crippen molar-refractivity contribution in [2.24, 2.45) is 0 Å². The van der Waals surface area contributed by atoms with Crippen molar-refractivity contribution < 1.29 is 4.52 Å². The fourth-order valence-corrected chi connectivity index (χ4v) is 3.87. The summed E-state index contributed by atoms with van der Waals surface area (Å²) in [6.45, 7) is 11.7. The average Bonchev–Trinajstić information content (AvgIpc) is 3.55. The molecule has 10 heteroatoms. The number of nitrogen functional groups attached to an aromatic ring is 1. The van der Waals surface area contributed by atoms with Crippen LogP contribution in [0.1, 0.15) is 50.6 Å². The number of nitrogens with zero attached hydrogens (tertiary/aromatic N) is 5. The Kier molecular flexibility index (Phi) is 8.17. The number of H-pyrrole nitrogens is 1. The molecule has 0 aliphatic carbocycles. The van der Waals surface area contributed by atoms with Gasteiger partial charge in [0.25, 0.3) is 0 Å². The van der Waals surface area contributed by atoms with Crippen molar-refractivity contribution in [2.45, 2.75) is 46.6 Å². The van der Waals surface area contributed by atoms with Gasteiger partial charge in [-0.2, -0.15) is 15.1 Å². The van der Waals surface area contributed by atoms with Gasteiger partial charge >= 0.3 is 0 Å². The van der Waals surface area contributed by atoms with Gasteiger partial charge in [0.1, 0.15) is 17.3 Å². The van der Waals surface area contributed by atoms with E-state index in [1.165, 1.54) is 0 Å². The highest BCUT2D eigenvalue weighted by Crippen LogP contribution is 2.26. The van der Waals surface area contributed by atoms with Gasteiger partial charge in [0, 0.05) is 35.5 Å². The Labute approximate surface area is 211 Å². The van der Waals surface area contributed by atoms with Crippen LogP contribution in [-0.4, -0.2) is 49.9 Å². The number of nitrogens with two attached hydrogens (primary N) is 1. The monoisotopic (exact) mass is 489 g/mol. The van der Waals surface area contributed by atoms with Gasteiger partial charge in [-0.05, 0) is 25.4 Å². The Morgan fingerprint density at radius 2 is 1.86 bits per heavy atom. The summed E-state index contributed by atoms with van der Waals surface area (Å²) < 4.78 is 5.50. The first-order chi connectivity index (χ1) is 17.5. The minimum Gasteiger partial charge on any atom is -0.383 e. The number of nitrogens with one attached hydrogen (secondary N) is 3. The molecule has 0 bridgehead atoms. The van der Waals surface area contributed by atoms with E-state index in [0.717, 1.165) is 48.6 Å². The molecule has 0 saturated carbocycles. The Morgan fingerprint density at radius 3 is 2.56 bits per heavy atom. The second-order valence-electron chi connectivity index (χ2n) is 8.92. The third-order valence-electron chi connectivity index (χ3n) is 6.13. The molecule has 36 heavy (non-hydrogen) atoms. The van der Waals surface area contributed by atoms with E-state index >= 15 is 0 Å². The number of hydrogen-bond donors (Lipinski definition) is 4. The Morgan fingerprint density at radius 1 is 1.08 bits per heavy atom. The largest absolute Gasteiger partial charge is 0.383 e. The molecule has 0 spiro atoms. The summed E-state index contributed by atoms with van der Waals surface area (Å²) in [7, 11) is 0. The summed E-state index contributed by atoms with van der Waals surface area (Å²) in [5.74, 6) is 3.18. The zero-order valence-electron chi connectivity index (χ0n) is 21.4. The van der Waals surface area contributed by atoms with Crippen LogP contribution in [0, 0.1) is 0 Å². The van der Waals surface area contributed by atoms with Crippen molar-refractivity contribution in [3.05, 3.63) is 59.5 Å². The van der Waals surface area contributed by atoms with Crippen LogP contribution in [0.15, 0.2) is 47.0 Å². The predicted octanol–water partition coefficient (Wildman–Crippen LogP) is 4.80. The summed E-state index contributed by atoms with van der Waals surface area (Å²) in [6, 6.07) is 13.8. The third-order valence-corrected chi connectivity index (χ3v) is 6.13. The van der Waals surface area contributed by atoms with Gasteiger partial charge in [-0.25, -0.2) is 0 Å². The molecule has 0 fully saturated rings. The van der Waals surface area contributed by atoms with E-state index in [0.29, 0.717) is 41.6 Å². The molecular formula is C26H35N9O. The summed E-state index contributed by atoms with van der Waals surface area (Å²) in [5.41, 5.74) is 10.1. The van der Waals surface area contributed by atoms with Crippen LogP contribution < -0.4 is 16.4 Å². The smallest absolute Gasteiger partial charge is 0.227 e. The topological polar surface area (TPSA) is 134 Å². The standard InChI is InChI=1S/C26H35N9O/c1-5-35(6-2)13-12-20-24(27)30-26(31-25(20)29-23-15-21(17(3)4)32-33-23)28-16-19-14-22(34-36-19)18-10-8-7-9-11-18/h7-11,14-15,17H,5-6,12-13,16H2,1-4H3,(H5,27,28,29,30,31,32,33). The highest BCUT2D eigenvalue weighted by Gasteiger charge is 2.16. The van der Waals surface area contributed by atoms with E-state index in [-0.39, 0.29) is 0 Å². The maximum Gasteiger partial charge on any atom is 0.227 e. The zero-order chi connectivity index (χ0) is 25.5. The molecular weight excluding hydrogens is 454 g/mol. The second-order valence-corrected chi connectivity index (χ2v) is 8.92. The van der Waals surface area contributed by atoms with E-state index in [1.54, 1.807) is 0 Å². The van der Waals surface area contributed by atoms with Crippen LogP contribution in [0.3, 0.4) is 0 Å². The Hall–Kier alpha value is -3.92. The summed E-state index contributed by atoms with van der Waals surface area (Å²) in [5, 5.41) is 18.2. The highest BCUT2D eigenvalue weighted by molar-refractivity contribution is 5.65. The first-order valence-corrected chi connectivity index (χ1v) is 12.4. The van der Waals surface area contributed by atoms with Crippen LogP contribution in [0.25, 0.3) is 11.3 Å². The number of anilines is 4. The lowest BCUT2D eigenvalue weighted by Gasteiger charge is -2.20. The van der Waals surface area contributed by atoms with Gasteiger partial charge in [-0.1, -0.05) is 63.2 Å². The normalized spacial score (nSPS) is 11.4. The van der Waals surface area contributed by atoms with Crippen LogP contribution in [-0.2, 0) is 13.0 Å². The molecule has 10 nitrogen and oxygen atoms in total. The fourth-order valence-electron chi connectivity index (χ4n) is 3.87. The van der Waals surface area contributed by atoms with Crippen LogP contribution >= 0.6 is 0 Å². The van der Waals surface area contributed by atoms with Crippen molar-refractivity contribution >= 4 is 23.4 Å². The maximum atomic E-state index is 6.43. The van der Waals surface area contributed by atoms with Gasteiger partial charge < -0.3 is 25.8 Å². The lowest BCUT2D eigenvalue weighted by atomic mass is 10.1. The predicted molar refractivity (Wildman–Crippen MR) is 143 cm³/mol. The van der Waals surface area contributed by atoms with Crippen molar-refractivity contribution in [3.8, 4) is 11.3 Å². The molecule has 3 heterocycles. The van der Waals surface area contributed by atoms with Gasteiger partial charge in [0.05, 0.1) is 6.54 Å². The molecule has 0 aliphatic rings. The van der Waals surface area contributed by atoms with Crippen LogP contribution in [0.5, 0.6) is 0 Å². The summed E-state index contributed by atoms with van der Waals surface area (Å²) >= 11 is 0. The molecule has 190 valence electrons. The summed E-state index contributed by atoms with van der Waals surface area (Å²) in [4.78, 5) is 11.6. The number of benzene rings is 1. The molecule has 0 unspecified atom stereocenters. The first kappa shape index (κ1) is 25.2. The van der Waals surface area contributed by atoms with E-state index in [4.69, 9.17) is 15.2 Å². The van der Waals surface area contributed by atoms with Crippen molar-refractivity contribution in [1.29, 1.82) is 0 Å². The maximum absolute atomic E-state index is 6.43. The first-order valence-electron chi connectivity index (χ1n) is 12.4. The molecule has 5 N–H and O–H groups in total. The highest BCUT2D eigenvalue weighted by atomic mass is 16.5. The molecule has 1 aromatic carbocycles. The molecule has 0 radical (unpaired) electrons. The van der Waals surface area contributed by atoms with E-state index in [1.807, 2.05) is 42.5 Å². The zero-order valence-corrected chi connectivity index (χ0v) is 21.4. The van der Waals surface area contributed by atoms with E-state index in [2.05, 4.69) is 63.6 Å².